The molecule has 0 unspecified atom stereocenters. The van der Waals surface area contributed by atoms with Crippen LogP contribution in [0.25, 0.3) is 0 Å². The molecule has 2 N–H and O–H groups in total. The van der Waals surface area contributed by atoms with Crippen molar-refractivity contribution >= 4 is 40.4 Å². The van der Waals surface area contributed by atoms with Crippen LogP contribution in [0.4, 0.5) is 11.5 Å². The summed E-state index contributed by atoms with van der Waals surface area (Å²) in [6, 6.07) is 7.88. The molecule has 4 aliphatic rings. The Morgan fingerprint density at radius 3 is 2.41 bits per heavy atom. The number of anilines is 2. The van der Waals surface area contributed by atoms with Crippen LogP contribution in [0.15, 0.2) is 30.5 Å². The topological polar surface area (TPSA) is 41.9 Å². The summed E-state index contributed by atoms with van der Waals surface area (Å²) < 4.78 is 2.24. The van der Waals surface area contributed by atoms with E-state index in [1.807, 2.05) is 31.2 Å². The Morgan fingerprint density at radius 2 is 1.78 bits per heavy atom. The number of aromatic nitrogens is 2. The molecule has 0 spiro atoms. The van der Waals surface area contributed by atoms with Gasteiger partial charge in [-0.05, 0) is 93.1 Å². The lowest BCUT2D eigenvalue weighted by Crippen LogP contribution is -2.52. The van der Waals surface area contributed by atoms with Crippen LogP contribution in [0.1, 0.15) is 44.1 Å². The third-order valence-corrected chi connectivity index (χ3v) is 7.36. The van der Waals surface area contributed by atoms with E-state index >= 15 is 0 Å². The van der Waals surface area contributed by atoms with Gasteiger partial charge in [-0.2, -0.15) is 5.10 Å². The zero-order chi connectivity index (χ0) is 18.6. The highest BCUT2D eigenvalue weighted by molar-refractivity contribution is 7.80. The molecule has 142 valence electrons. The fraction of sp³-hybridized carbons (Fsp3) is 0.524. The van der Waals surface area contributed by atoms with Crippen molar-refractivity contribution < 1.29 is 0 Å². The summed E-state index contributed by atoms with van der Waals surface area (Å²) in [4.78, 5) is 0. The quantitative estimate of drug-likeness (QED) is 0.660. The Bertz CT molecular complexity index is 855. The van der Waals surface area contributed by atoms with Gasteiger partial charge in [-0.25, -0.2) is 0 Å². The van der Waals surface area contributed by atoms with Gasteiger partial charge in [0, 0.05) is 23.0 Å². The van der Waals surface area contributed by atoms with E-state index < -0.39 is 0 Å². The van der Waals surface area contributed by atoms with Crippen LogP contribution in [0.2, 0.25) is 5.02 Å². The van der Waals surface area contributed by atoms with E-state index in [0.29, 0.717) is 5.11 Å². The predicted molar refractivity (Wildman–Crippen MR) is 114 cm³/mol. The van der Waals surface area contributed by atoms with E-state index in [0.717, 1.165) is 39.8 Å². The number of aryl methyl sites for hydroxylation is 1. The Labute approximate surface area is 170 Å². The molecule has 4 saturated carbocycles. The molecule has 1 heterocycles. The third kappa shape index (κ3) is 3.25. The van der Waals surface area contributed by atoms with Gasteiger partial charge in [-0.15, -0.1) is 0 Å². The molecule has 4 fully saturated rings. The summed E-state index contributed by atoms with van der Waals surface area (Å²) >= 11 is 11.6. The van der Waals surface area contributed by atoms with Gasteiger partial charge < -0.3 is 10.6 Å². The van der Waals surface area contributed by atoms with Crippen LogP contribution in [0.5, 0.6) is 0 Å². The SMILES string of the molecule is Cc1ccc(NC(=S)Nc2ccn(C34CC5CC(CC(C5)C3)C4)n2)cc1Cl. The molecule has 0 aliphatic heterocycles. The highest BCUT2D eigenvalue weighted by Gasteiger charge is 2.52. The van der Waals surface area contributed by atoms with Crippen molar-refractivity contribution in [2.24, 2.45) is 17.8 Å². The van der Waals surface area contributed by atoms with Gasteiger partial charge >= 0.3 is 0 Å². The summed E-state index contributed by atoms with van der Waals surface area (Å²) in [7, 11) is 0. The van der Waals surface area contributed by atoms with E-state index in [9.17, 15) is 0 Å². The second-order valence-electron chi connectivity index (χ2n) is 8.83. The molecule has 27 heavy (non-hydrogen) atoms. The Hall–Kier alpha value is -1.59. The van der Waals surface area contributed by atoms with Crippen LogP contribution in [-0.4, -0.2) is 14.9 Å². The smallest absolute Gasteiger partial charge is 0.176 e. The van der Waals surface area contributed by atoms with E-state index in [4.69, 9.17) is 28.9 Å². The lowest BCUT2D eigenvalue weighted by Gasteiger charge is -2.56. The van der Waals surface area contributed by atoms with Gasteiger partial charge in [0.1, 0.15) is 0 Å². The van der Waals surface area contributed by atoms with Crippen LogP contribution in [0.3, 0.4) is 0 Å². The predicted octanol–water partition coefficient (Wildman–Crippen LogP) is 5.58. The molecule has 1 aromatic heterocycles. The van der Waals surface area contributed by atoms with Gasteiger partial charge in [0.2, 0.25) is 0 Å². The first-order valence-electron chi connectivity index (χ1n) is 9.89. The van der Waals surface area contributed by atoms with Crippen molar-refractivity contribution in [1.82, 2.24) is 9.78 Å². The molecule has 6 rings (SSSR count). The van der Waals surface area contributed by atoms with Crippen LogP contribution in [0, 0.1) is 24.7 Å². The standard InChI is InChI=1S/C21H25ClN4S/c1-13-2-3-17(9-18(13)22)23-20(27)24-19-4-5-26(25-19)21-10-14-6-15(11-21)8-16(7-14)12-21/h2-5,9,14-16H,6-8,10-12H2,1H3,(H2,23,24,25,27). The highest BCUT2D eigenvalue weighted by atomic mass is 35.5. The maximum Gasteiger partial charge on any atom is 0.176 e. The van der Waals surface area contributed by atoms with Crippen molar-refractivity contribution in [2.45, 2.75) is 51.0 Å². The van der Waals surface area contributed by atoms with Crippen molar-refractivity contribution in [1.29, 1.82) is 0 Å². The molecule has 6 heteroatoms. The molecular formula is C21H25ClN4S. The highest BCUT2D eigenvalue weighted by Crippen LogP contribution is 2.58. The average Bonchev–Trinajstić information content (AvgIpc) is 3.06. The molecule has 4 bridgehead atoms. The number of thiocarbonyl (C=S) groups is 1. The molecule has 4 aliphatic carbocycles. The number of rotatable bonds is 3. The van der Waals surface area contributed by atoms with Gasteiger partial charge in [-0.3, -0.25) is 4.68 Å². The largest absolute Gasteiger partial charge is 0.332 e. The molecule has 0 amide bonds. The van der Waals surface area contributed by atoms with Gasteiger partial charge in [0.25, 0.3) is 0 Å². The number of hydrogen-bond donors (Lipinski definition) is 2. The fourth-order valence-corrected chi connectivity index (χ4v) is 6.35. The Kier molecular flexibility index (Phi) is 4.21. The summed E-state index contributed by atoms with van der Waals surface area (Å²) in [6.07, 6.45) is 10.4. The minimum absolute atomic E-state index is 0.244. The van der Waals surface area contributed by atoms with Crippen LogP contribution in [-0.2, 0) is 5.54 Å². The first kappa shape index (κ1) is 17.5. The minimum atomic E-state index is 0.244. The molecule has 2 aromatic rings. The summed E-state index contributed by atoms with van der Waals surface area (Å²) in [5, 5.41) is 12.5. The van der Waals surface area contributed by atoms with Crippen molar-refractivity contribution in [3.63, 3.8) is 0 Å². The monoisotopic (exact) mass is 400 g/mol. The number of nitrogens with one attached hydrogen (secondary N) is 2. The first-order chi connectivity index (χ1) is 13.0. The average molecular weight is 401 g/mol. The minimum Gasteiger partial charge on any atom is -0.332 e. The second-order valence-corrected chi connectivity index (χ2v) is 9.65. The molecule has 0 radical (unpaired) electrons. The lowest BCUT2D eigenvalue weighted by molar-refractivity contribution is -0.0492. The molecule has 4 nitrogen and oxygen atoms in total. The molecule has 0 saturated heterocycles. The molecular weight excluding hydrogens is 376 g/mol. The zero-order valence-corrected chi connectivity index (χ0v) is 17.1. The van der Waals surface area contributed by atoms with E-state index in [1.165, 1.54) is 38.5 Å². The van der Waals surface area contributed by atoms with Crippen molar-refractivity contribution in [3.8, 4) is 0 Å². The van der Waals surface area contributed by atoms with E-state index in [1.54, 1.807) is 0 Å². The normalized spacial score (nSPS) is 31.1. The number of nitrogens with zero attached hydrogens (tertiary/aromatic N) is 2. The summed E-state index contributed by atoms with van der Waals surface area (Å²) in [5.74, 6) is 3.53. The summed E-state index contributed by atoms with van der Waals surface area (Å²) in [6.45, 7) is 1.99. The maximum absolute atomic E-state index is 6.19. The molecule has 1 aromatic carbocycles. The maximum atomic E-state index is 6.19. The number of halogens is 1. The number of hydrogen-bond acceptors (Lipinski definition) is 2. The van der Waals surface area contributed by atoms with Gasteiger partial charge in [0.05, 0.1) is 5.54 Å². The van der Waals surface area contributed by atoms with Crippen molar-refractivity contribution in [3.05, 3.63) is 41.0 Å². The molecule has 0 atom stereocenters. The summed E-state index contributed by atoms with van der Waals surface area (Å²) in [5.41, 5.74) is 2.17. The lowest BCUT2D eigenvalue weighted by atomic mass is 9.53. The zero-order valence-electron chi connectivity index (χ0n) is 15.5. The van der Waals surface area contributed by atoms with Gasteiger partial charge in [0.15, 0.2) is 10.9 Å². The number of benzene rings is 1. The second kappa shape index (κ2) is 6.49. The van der Waals surface area contributed by atoms with E-state index in [-0.39, 0.29) is 5.54 Å². The van der Waals surface area contributed by atoms with Crippen LogP contribution < -0.4 is 10.6 Å². The third-order valence-electron chi connectivity index (χ3n) is 6.75. The Morgan fingerprint density at radius 1 is 1.11 bits per heavy atom. The van der Waals surface area contributed by atoms with Crippen LogP contribution >= 0.6 is 23.8 Å². The van der Waals surface area contributed by atoms with Crippen molar-refractivity contribution in [2.75, 3.05) is 10.6 Å². The first-order valence-corrected chi connectivity index (χ1v) is 10.7. The fourth-order valence-electron chi connectivity index (χ4n) is 5.95. The van der Waals surface area contributed by atoms with Gasteiger partial charge in [-0.1, -0.05) is 17.7 Å². The Balaban J connectivity index is 1.28. The van der Waals surface area contributed by atoms with E-state index in [2.05, 4.69) is 21.5 Å².